The second-order valence-corrected chi connectivity index (χ2v) is 7.35. The molecule has 0 amide bonds. The molecule has 0 saturated heterocycles. The predicted molar refractivity (Wildman–Crippen MR) is 89.5 cm³/mol. The third-order valence-electron chi connectivity index (χ3n) is 4.03. The third kappa shape index (κ3) is 3.11. The maximum absolute atomic E-state index is 12.6. The van der Waals surface area contributed by atoms with Gasteiger partial charge in [0.2, 0.25) is 5.13 Å². The lowest BCUT2D eigenvalue weighted by atomic mass is 9.88. The predicted octanol–water partition coefficient (Wildman–Crippen LogP) is 3.64. The van der Waals surface area contributed by atoms with Gasteiger partial charge in [-0.3, -0.25) is 4.79 Å². The lowest BCUT2D eigenvalue weighted by Crippen LogP contribution is -2.11. The number of benzene rings is 1. The average Bonchev–Trinajstić information content (AvgIpc) is 2.86. The molecule has 0 atom stereocenters. The van der Waals surface area contributed by atoms with Crippen LogP contribution in [0, 0.1) is 34.6 Å². The van der Waals surface area contributed by atoms with Gasteiger partial charge in [-0.1, -0.05) is 23.1 Å². The number of nitrogens with zero attached hydrogens (tertiary/aromatic N) is 2. The molecule has 0 fully saturated rings. The van der Waals surface area contributed by atoms with E-state index < -0.39 is 0 Å². The smallest absolute Gasteiger partial charge is 0.203 e. The summed E-state index contributed by atoms with van der Waals surface area (Å²) in [6.07, 6.45) is 0. The molecule has 1 aromatic heterocycles. The summed E-state index contributed by atoms with van der Waals surface area (Å²) in [6.45, 7) is 10.3. The first-order valence-electron chi connectivity index (χ1n) is 6.64. The summed E-state index contributed by atoms with van der Waals surface area (Å²) >= 11 is 2.70. The number of aromatic nitrogens is 2. The molecule has 0 saturated carbocycles. The molecule has 0 spiro atoms. The minimum atomic E-state index is 0.134. The number of thioether (sulfide) groups is 1. The van der Waals surface area contributed by atoms with Gasteiger partial charge in [0, 0.05) is 5.56 Å². The number of carbonyl (C=O) groups is 1. The largest absolute Gasteiger partial charge is 0.374 e. The highest BCUT2D eigenvalue weighted by atomic mass is 32.2. The zero-order chi connectivity index (χ0) is 15.7. The van der Waals surface area contributed by atoms with Gasteiger partial charge in [-0.15, -0.1) is 10.2 Å². The molecule has 2 N–H and O–H groups in total. The Morgan fingerprint density at radius 2 is 1.52 bits per heavy atom. The molecule has 0 aliphatic carbocycles. The number of anilines is 1. The van der Waals surface area contributed by atoms with Crippen molar-refractivity contribution in [1.29, 1.82) is 0 Å². The van der Waals surface area contributed by atoms with Gasteiger partial charge >= 0.3 is 0 Å². The summed E-state index contributed by atoms with van der Waals surface area (Å²) in [4.78, 5) is 12.6. The van der Waals surface area contributed by atoms with Crippen LogP contribution in [0.2, 0.25) is 0 Å². The van der Waals surface area contributed by atoms with E-state index in [-0.39, 0.29) is 5.78 Å². The topological polar surface area (TPSA) is 68.9 Å². The van der Waals surface area contributed by atoms with Crippen molar-refractivity contribution in [2.24, 2.45) is 0 Å². The Morgan fingerprint density at radius 1 is 1.00 bits per heavy atom. The molecule has 1 heterocycles. The Hall–Kier alpha value is -1.40. The number of ketones is 1. The summed E-state index contributed by atoms with van der Waals surface area (Å²) < 4.78 is 0.733. The van der Waals surface area contributed by atoms with Crippen LogP contribution in [-0.4, -0.2) is 21.7 Å². The zero-order valence-corrected chi connectivity index (χ0v) is 14.5. The normalized spacial score (nSPS) is 10.9. The van der Waals surface area contributed by atoms with E-state index in [1.807, 2.05) is 13.8 Å². The molecule has 0 bridgehead atoms. The van der Waals surface area contributed by atoms with E-state index in [1.165, 1.54) is 39.8 Å². The van der Waals surface area contributed by atoms with Crippen LogP contribution < -0.4 is 5.73 Å². The van der Waals surface area contributed by atoms with E-state index in [0.717, 1.165) is 21.0 Å². The van der Waals surface area contributed by atoms with E-state index in [2.05, 4.69) is 31.0 Å². The first kappa shape index (κ1) is 16.0. The van der Waals surface area contributed by atoms with Crippen molar-refractivity contribution in [2.75, 3.05) is 11.5 Å². The Morgan fingerprint density at radius 3 is 2.00 bits per heavy atom. The van der Waals surface area contributed by atoms with Gasteiger partial charge in [-0.05, 0) is 62.4 Å². The summed E-state index contributed by atoms with van der Waals surface area (Å²) in [5, 5.41) is 8.12. The average molecular weight is 321 g/mol. The molecule has 0 aliphatic rings. The molecule has 0 unspecified atom stereocenters. The SMILES string of the molecule is Cc1c(C)c(C)c(C(=O)CSc2nnc(N)s2)c(C)c1C. The highest BCUT2D eigenvalue weighted by Gasteiger charge is 2.18. The van der Waals surface area contributed by atoms with E-state index in [9.17, 15) is 4.79 Å². The Labute approximate surface area is 133 Å². The standard InChI is InChI=1S/C15H19N3OS2/c1-7-8(2)10(4)13(11(5)9(7)3)12(19)6-20-15-18-17-14(16)21-15/h6H2,1-5H3,(H2,16,17). The lowest BCUT2D eigenvalue weighted by Gasteiger charge is -2.17. The van der Waals surface area contributed by atoms with Crippen LogP contribution in [-0.2, 0) is 0 Å². The number of Topliss-reactive ketones (excluding diaryl/α,β-unsaturated/α-hetero) is 1. The molecule has 112 valence electrons. The van der Waals surface area contributed by atoms with Crippen molar-refractivity contribution < 1.29 is 4.79 Å². The minimum Gasteiger partial charge on any atom is -0.374 e. The summed E-state index contributed by atoms with van der Waals surface area (Å²) in [7, 11) is 0. The van der Waals surface area contributed by atoms with Gasteiger partial charge < -0.3 is 5.73 Å². The fourth-order valence-corrected chi connectivity index (χ4v) is 3.90. The van der Waals surface area contributed by atoms with Crippen LogP contribution in [0.3, 0.4) is 0 Å². The van der Waals surface area contributed by atoms with Gasteiger partial charge in [0.05, 0.1) is 5.75 Å². The van der Waals surface area contributed by atoms with E-state index >= 15 is 0 Å². The molecule has 1 aromatic carbocycles. The van der Waals surface area contributed by atoms with Crippen molar-refractivity contribution in [2.45, 2.75) is 39.0 Å². The van der Waals surface area contributed by atoms with Crippen LogP contribution in [0.5, 0.6) is 0 Å². The number of carbonyl (C=O) groups excluding carboxylic acids is 1. The number of nitrogen functional groups attached to an aromatic ring is 1. The Kier molecular flexibility index (Phi) is 4.68. The molecular weight excluding hydrogens is 302 g/mol. The third-order valence-corrected chi connectivity index (χ3v) is 5.91. The number of hydrogen-bond donors (Lipinski definition) is 1. The quantitative estimate of drug-likeness (QED) is 0.688. The van der Waals surface area contributed by atoms with Gasteiger partial charge in [-0.2, -0.15) is 0 Å². The summed E-state index contributed by atoms with van der Waals surface area (Å²) in [5.41, 5.74) is 12.2. The zero-order valence-electron chi connectivity index (χ0n) is 12.9. The highest BCUT2D eigenvalue weighted by molar-refractivity contribution is 8.01. The van der Waals surface area contributed by atoms with E-state index in [4.69, 9.17) is 5.73 Å². The number of nitrogens with two attached hydrogens (primary N) is 1. The second-order valence-electron chi connectivity index (χ2n) is 5.12. The lowest BCUT2D eigenvalue weighted by molar-refractivity contribution is 0.102. The minimum absolute atomic E-state index is 0.134. The van der Waals surface area contributed by atoms with Crippen LogP contribution in [0.25, 0.3) is 0 Å². The van der Waals surface area contributed by atoms with Crippen LogP contribution in [0.4, 0.5) is 5.13 Å². The molecule has 0 radical (unpaired) electrons. The molecule has 6 heteroatoms. The van der Waals surface area contributed by atoms with E-state index in [1.54, 1.807) is 0 Å². The summed E-state index contributed by atoms with van der Waals surface area (Å²) in [6, 6.07) is 0. The molecule has 2 rings (SSSR count). The maximum atomic E-state index is 12.6. The fourth-order valence-electron chi connectivity index (χ4n) is 2.40. The molecular formula is C15H19N3OS2. The molecule has 4 nitrogen and oxygen atoms in total. The molecule has 0 aliphatic heterocycles. The number of rotatable bonds is 4. The molecule has 21 heavy (non-hydrogen) atoms. The Bertz CT molecular complexity index is 678. The highest BCUT2D eigenvalue weighted by Crippen LogP contribution is 2.29. The Balaban J connectivity index is 2.27. The fraction of sp³-hybridized carbons (Fsp3) is 0.400. The monoisotopic (exact) mass is 321 g/mol. The maximum Gasteiger partial charge on any atom is 0.203 e. The van der Waals surface area contributed by atoms with Crippen molar-refractivity contribution in [3.05, 3.63) is 33.4 Å². The number of hydrogen-bond acceptors (Lipinski definition) is 6. The van der Waals surface area contributed by atoms with E-state index in [0.29, 0.717) is 10.9 Å². The first-order chi connectivity index (χ1) is 9.82. The van der Waals surface area contributed by atoms with Gasteiger partial charge in [0.15, 0.2) is 10.1 Å². The van der Waals surface area contributed by atoms with Crippen molar-refractivity contribution in [1.82, 2.24) is 10.2 Å². The van der Waals surface area contributed by atoms with Gasteiger partial charge in [-0.25, -0.2) is 0 Å². The van der Waals surface area contributed by atoms with Gasteiger partial charge in [0.1, 0.15) is 0 Å². The van der Waals surface area contributed by atoms with Crippen molar-refractivity contribution in [3.8, 4) is 0 Å². The van der Waals surface area contributed by atoms with Gasteiger partial charge in [0.25, 0.3) is 0 Å². The van der Waals surface area contributed by atoms with Crippen LogP contribution in [0.15, 0.2) is 4.34 Å². The van der Waals surface area contributed by atoms with Crippen LogP contribution in [0.1, 0.15) is 38.2 Å². The van der Waals surface area contributed by atoms with Crippen molar-refractivity contribution >= 4 is 34.0 Å². The second kappa shape index (κ2) is 6.15. The summed E-state index contributed by atoms with van der Waals surface area (Å²) in [5.74, 6) is 0.494. The van der Waals surface area contributed by atoms with Crippen LogP contribution >= 0.6 is 23.1 Å². The van der Waals surface area contributed by atoms with Crippen molar-refractivity contribution in [3.63, 3.8) is 0 Å². The molecule has 2 aromatic rings. The first-order valence-corrected chi connectivity index (χ1v) is 8.45.